The molecule has 0 bridgehead atoms. The highest BCUT2D eigenvalue weighted by molar-refractivity contribution is 6.91. The Morgan fingerprint density at radius 2 is 1.69 bits per heavy atom. The fourth-order valence-corrected chi connectivity index (χ4v) is 13.4. The lowest BCUT2D eigenvalue weighted by molar-refractivity contribution is -0.146. The van der Waals surface area contributed by atoms with Crippen LogP contribution < -0.4 is 25.9 Å². The maximum absolute atomic E-state index is 15.3. The van der Waals surface area contributed by atoms with Crippen LogP contribution >= 0.6 is 0 Å². The fourth-order valence-electron chi connectivity index (χ4n) is 9.36. The normalized spacial score (nSPS) is 20.5. The van der Waals surface area contributed by atoms with E-state index < -0.39 is 13.7 Å². The summed E-state index contributed by atoms with van der Waals surface area (Å²) in [4.78, 5) is 30.2. The number of benzene rings is 5. The SMILES string of the molecule is COc1ccc([Si](C)(C)[C@H]2[C@H](CCn3cc(C(CO)c4ccccc4)nn3)O[C@@]3(C(=O)N(Cc4cccc(NC(=O)c5ccc(N)cc5)c4)c4ccccc43)[C@@H]2C)cc1. The number of hydrogen-bond acceptors (Lipinski definition) is 8. The molecule has 0 aliphatic carbocycles. The van der Waals surface area contributed by atoms with Gasteiger partial charge >= 0.3 is 0 Å². The molecule has 12 heteroatoms. The molecule has 1 aromatic heterocycles. The second-order valence-electron chi connectivity index (χ2n) is 16.2. The number of nitrogens with zero attached hydrogens (tertiary/aromatic N) is 4. The number of anilines is 3. The lowest BCUT2D eigenvalue weighted by atomic mass is 9.82. The van der Waals surface area contributed by atoms with E-state index in [1.54, 1.807) is 31.4 Å². The number of methoxy groups -OCH3 is 1. The molecule has 8 rings (SSSR count). The van der Waals surface area contributed by atoms with Crippen molar-refractivity contribution >= 4 is 42.1 Å². The highest BCUT2D eigenvalue weighted by Gasteiger charge is 2.66. The van der Waals surface area contributed by atoms with Gasteiger partial charge in [0.2, 0.25) is 0 Å². The van der Waals surface area contributed by atoms with Crippen LogP contribution in [0, 0.1) is 5.92 Å². The first-order valence-electron chi connectivity index (χ1n) is 20.1. The predicted octanol–water partition coefficient (Wildman–Crippen LogP) is 7.10. The molecule has 0 radical (unpaired) electrons. The van der Waals surface area contributed by atoms with E-state index in [0.29, 0.717) is 42.1 Å². The summed E-state index contributed by atoms with van der Waals surface area (Å²) in [5.74, 6) is -0.00576. The summed E-state index contributed by atoms with van der Waals surface area (Å²) in [6.07, 6.45) is 2.23. The van der Waals surface area contributed by atoms with Gasteiger partial charge in [0, 0.05) is 41.2 Å². The minimum absolute atomic E-state index is 0.0391. The molecule has 5 atom stereocenters. The molecule has 1 fully saturated rings. The second kappa shape index (κ2) is 16.3. The number of carbonyl (C=O) groups excluding carboxylic acids is 2. The molecule has 59 heavy (non-hydrogen) atoms. The number of fused-ring (bicyclic) bond motifs is 2. The number of nitrogens with one attached hydrogen (secondary N) is 1. The number of ether oxygens (including phenoxy) is 2. The second-order valence-corrected chi connectivity index (χ2v) is 20.9. The Bertz CT molecular complexity index is 2440. The number of nitrogens with two attached hydrogens (primary N) is 1. The molecule has 1 saturated heterocycles. The maximum atomic E-state index is 15.3. The van der Waals surface area contributed by atoms with Gasteiger partial charge < -0.3 is 30.5 Å². The molecule has 1 spiro atoms. The van der Waals surface area contributed by atoms with Crippen LogP contribution in [0.4, 0.5) is 17.1 Å². The summed E-state index contributed by atoms with van der Waals surface area (Å²) in [5.41, 5.74) is 10.6. The van der Waals surface area contributed by atoms with Crippen molar-refractivity contribution in [3.8, 4) is 5.75 Å². The number of nitrogen functional groups attached to an aromatic ring is 1. The van der Waals surface area contributed by atoms with Crippen molar-refractivity contribution in [3.63, 3.8) is 0 Å². The minimum Gasteiger partial charge on any atom is -0.497 e. The molecular formula is C47H50N6O5Si. The Labute approximate surface area is 345 Å². The number of aliphatic hydroxyl groups is 1. The number of carbonyl (C=O) groups is 2. The van der Waals surface area contributed by atoms with Crippen LogP contribution in [-0.2, 0) is 28.2 Å². The van der Waals surface area contributed by atoms with Gasteiger partial charge in [-0.3, -0.25) is 14.3 Å². The molecule has 1 unspecified atom stereocenters. The highest BCUT2D eigenvalue weighted by Crippen LogP contribution is 2.60. The average Bonchev–Trinajstić information content (AvgIpc) is 3.91. The highest BCUT2D eigenvalue weighted by atomic mass is 28.3. The standard InChI is InChI=1S/C47H50N6O5Si/c1-31-44(59(3,4)38-23-21-37(57-2)22-24-38)43(25-26-52-29-41(50-51-52)39(30-54)33-12-6-5-7-13-33)58-47(31)40-15-8-9-16-42(40)53(46(47)56)28-32-11-10-14-36(27-32)49-45(55)34-17-19-35(48)20-18-34/h5-24,27,29,31,39,43-44,54H,25-26,28,30,48H2,1-4H3,(H,49,55)/t31-,39?,43+,44-,47+/m1/s1. The lowest BCUT2D eigenvalue weighted by Crippen LogP contribution is -2.51. The van der Waals surface area contributed by atoms with Crippen molar-refractivity contribution in [1.29, 1.82) is 0 Å². The summed E-state index contributed by atoms with van der Waals surface area (Å²) >= 11 is 0. The molecule has 302 valence electrons. The number of hydrogen-bond donors (Lipinski definition) is 3. The zero-order valence-electron chi connectivity index (χ0n) is 33.8. The van der Waals surface area contributed by atoms with Crippen molar-refractivity contribution in [3.05, 3.63) is 162 Å². The average molecular weight is 807 g/mol. The number of aromatic nitrogens is 3. The fraction of sp³-hybridized carbons (Fsp3) is 0.277. The number of rotatable bonds is 13. The Balaban J connectivity index is 1.10. The van der Waals surface area contributed by atoms with E-state index in [-0.39, 0.29) is 41.9 Å². The Kier molecular flexibility index (Phi) is 11.0. The first kappa shape index (κ1) is 39.7. The van der Waals surface area contributed by atoms with Crippen molar-refractivity contribution in [2.45, 2.75) is 62.7 Å². The molecule has 4 N–H and O–H groups in total. The third-order valence-corrected chi connectivity index (χ3v) is 16.7. The quantitative estimate of drug-likeness (QED) is 0.0829. The number of para-hydroxylation sites is 1. The largest absolute Gasteiger partial charge is 0.497 e. The van der Waals surface area contributed by atoms with Crippen molar-refractivity contribution in [2.24, 2.45) is 5.92 Å². The van der Waals surface area contributed by atoms with E-state index in [4.69, 9.17) is 15.2 Å². The maximum Gasteiger partial charge on any atom is 0.264 e. The summed E-state index contributed by atoms with van der Waals surface area (Å²) in [7, 11) is -0.709. The van der Waals surface area contributed by atoms with Gasteiger partial charge in [-0.15, -0.1) is 5.10 Å². The van der Waals surface area contributed by atoms with Crippen molar-refractivity contribution in [2.75, 3.05) is 29.7 Å². The molecule has 5 aromatic carbocycles. The van der Waals surface area contributed by atoms with Gasteiger partial charge in [0.15, 0.2) is 5.60 Å². The number of aryl methyl sites for hydroxylation is 1. The van der Waals surface area contributed by atoms with Crippen LogP contribution in [-0.4, -0.2) is 59.8 Å². The topological polar surface area (TPSA) is 145 Å². The van der Waals surface area contributed by atoms with Crippen LogP contribution in [0.15, 0.2) is 134 Å². The van der Waals surface area contributed by atoms with E-state index in [0.717, 1.165) is 28.1 Å². The van der Waals surface area contributed by atoms with Gasteiger partial charge in [-0.25, -0.2) is 0 Å². The number of amides is 2. The first-order valence-corrected chi connectivity index (χ1v) is 23.2. The van der Waals surface area contributed by atoms with Gasteiger partial charge in [-0.2, -0.15) is 0 Å². The molecule has 3 heterocycles. The van der Waals surface area contributed by atoms with Crippen LogP contribution in [0.25, 0.3) is 0 Å². The summed E-state index contributed by atoms with van der Waals surface area (Å²) < 4.78 is 14.7. The molecule has 11 nitrogen and oxygen atoms in total. The molecule has 2 amide bonds. The van der Waals surface area contributed by atoms with Gasteiger partial charge in [-0.05, 0) is 77.7 Å². The minimum atomic E-state index is -2.38. The third-order valence-electron chi connectivity index (χ3n) is 12.4. The summed E-state index contributed by atoms with van der Waals surface area (Å²) in [6, 6.07) is 40.6. The third kappa shape index (κ3) is 7.43. The van der Waals surface area contributed by atoms with E-state index in [2.05, 4.69) is 47.8 Å². The molecular weight excluding hydrogens is 757 g/mol. The zero-order chi connectivity index (χ0) is 41.3. The zero-order valence-corrected chi connectivity index (χ0v) is 34.8. The Morgan fingerprint density at radius 3 is 2.42 bits per heavy atom. The van der Waals surface area contributed by atoms with Gasteiger partial charge in [0.25, 0.3) is 11.8 Å². The van der Waals surface area contributed by atoms with Gasteiger partial charge in [0.05, 0.1) is 51.7 Å². The Hall–Kier alpha value is -6.08. The molecule has 6 aromatic rings. The molecule has 2 aliphatic rings. The molecule has 2 aliphatic heterocycles. The van der Waals surface area contributed by atoms with E-state index >= 15 is 4.79 Å². The smallest absolute Gasteiger partial charge is 0.264 e. The van der Waals surface area contributed by atoms with Crippen LogP contribution in [0.2, 0.25) is 18.6 Å². The van der Waals surface area contributed by atoms with Gasteiger partial charge in [0.1, 0.15) is 5.75 Å². The van der Waals surface area contributed by atoms with Crippen LogP contribution in [0.3, 0.4) is 0 Å². The van der Waals surface area contributed by atoms with Gasteiger partial charge in [-0.1, -0.05) is 103 Å². The lowest BCUT2D eigenvalue weighted by Gasteiger charge is -2.37. The van der Waals surface area contributed by atoms with Crippen LogP contribution in [0.1, 0.15) is 52.0 Å². The van der Waals surface area contributed by atoms with Crippen molar-refractivity contribution < 1.29 is 24.2 Å². The molecule has 0 saturated carbocycles. The number of aliphatic hydroxyl groups excluding tert-OH is 1. The van der Waals surface area contributed by atoms with E-state index in [9.17, 15) is 9.90 Å². The van der Waals surface area contributed by atoms with E-state index in [1.807, 2.05) is 107 Å². The van der Waals surface area contributed by atoms with Crippen molar-refractivity contribution in [1.82, 2.24) is 15.0 Å². The first-order chi connectivity index (χ1) is 28.5. The van der Waals surface area contributed by atoms with E-state index in [1.165, 1.54) is 5.19 Å². The monoisotopic (exact) mass is 806 g/mol. The predicted molar refractivity (Wildman–Crippen MR) is 232 cm³/mol. The summed E-state index contributed by atoms with van der Waals surface area (Å²) in [6.45, 7) is 7.66. The Morgan fingerprint density at radius 1 is 0.966 bits per heavy atom. The summed E-state index contributed by atoms with van der Waals surface area (Å²) in [5, 5.41) is 23.5. The van der Waals surface area contributed by atoms with Crippen LogP contribution in [0.5, 0.6) is 5.75 Å².